The molecule has 20 heavy (non-hydrogen) atoms. The third-order valence-electron chi connectivity index (χ3n) is 3.50. The van der Waals surface area contributed by atoms with Crippen molar-refractivity contribution in [2.24, 2.45) is 0 Å². The Morgan fingerprint density at radius 2 is 1.90 bits per heavy atom. The number of aliphatic hydroxyl groups is 1. The first-order chi connectivity index (χ1) is 9.61. The van der Waals surface area contributed by atoms with Gasteiger partial charge < -0.3 is 19.5 Å². The molecule has 1 aromatic carbocycles. The van der Waals surface area contributed by atoms with Gasteiger partial charge >= 0.3 is 0 Å². The van der Waals surface area contributed by atoms with Crippen molar-refractivity contribution in [2.45, 2.75) is 32.0 Å². The fraction of sp³-hybridized carbons (Fsp3) is 0.533. The highest BCUT2D eigenvalue weighted by Gasteiger charge is 2.26. The van der Waals surface area contributed by atoms with E-state index in [2.05, 4.69) is 0 Å². The Hall–Kier alpha value is -1.75. The molecule has 1 N–H and O–H groups in total. The topological polar surface area (TPSA) is 59.0 Å². The van der Waals surface area contributed by atoms with Gasteiger partial charge in [0.05, 0.1) is 13.2 Å². The molecule has 1 fully saturated rings. The summed E-state index contributed by atoms with van der Waals surface area (Å²) in [6.07, 6.45) is 0.409. The molecule has 0 radical (unpaired) electrons. The number of piperidine rings is 1. The minimum Gasteiger partial charge on any atom is -0.493 e. The molecule has 1 saturated heterocycles. The molecule has 5 heteroatoms. The van der Waals surface area contributed by atoms with Crippen LogP contribution < -0.4 is 9.47 Å². The molecular formula is C15H21NO4. The van der Waals surface area contributed by atoms with Gasteiger partial charge in [0.15, 0.2) is 17.6 Å². The van der Waals surface area contributed by atoms with Crippen molar-refractivity contribution >= 4 is 5.91 Å². The van der Waals surface area contributed by atoms with Crippen LogP contribution >= 0.6 is 0 Å². The molecule has 1 unspecified atom stereocenters. The summed E-state index contributed by atoms with van der Waals surface area (Å²) in [5.74, 6) is 1.12. The molecule has 110 valence electrons. The summed E-state index contributed by atoms with van der Waals surface area (Å²) < 4.78 is 10.9. The molecule has 0 spiro atoms. The van der Waals surface area contributed by atoms with Crippen molar-refractivity contribution in [1.82, 2.24) is 4.90 Å². The van der Waals surface area contributed by atoms with Crippen molar-refractivity contribution in [1.29, 1.82) is 0 Å². The molecule has 1 aliphatic heterocycles. The number of nitrogens with zero attached hydrogens (tertiary/aromatic N) is 1. The van der Waals surface area contributed by atoms with Gasteiger partial charge in [-0.2, -0.15) is 0 Å². The number of amides is 1. The Balaban J connectivity index is 1.97. The Labute approximate surface area is 119 Å². The first-order valence-corrected chi connectivity index (χ1v) is 6.88. The summed E-state index contributed by atoms with van der Waals surface area (Å²) >= 11 is 0. The van der Waals surface area contributed by atoms with Crippen LogP contribution in [-0.2, 0) is 4.79 Å². The van der Waals surface area contributed by atoms with Gasteiger partial charge in [0.25, 0.3) is 5.91 Å². The zero-order valence-corrected chi connectivity index (χ0v) is 11.9. The number of hydrogen-bond donors (Lipinski definition) is 1. The van der Waals surface area contributed by atoms with E-state index in [4.69, 9.17) is 9.47 Å². The molecule has 2 rings (SSSR count). The van der Waals surface area contributed by atoms with Crippen LogP contribution in [0.1, 0.15) is 19.8 Å². The molecule has 1 atom stereocenters. The lowest BCUT2D eigenvalue weighted by molar-refractivity contribution is -0.140. The Bertz CT molecular complexity index is 455. The minimum atomic E-state index is -0.568. The Morgan fingerprint density at radius 1 is 1.30 bits per heavy atom. The molecule has 0 aliphatic carbocycles. The highest BCUT2D eigenvalue weighted by Crippen LogP contribution is 2.27. The first kappa shape index (κ1) is 14.7. The SMILES string of the molecule is COc1ccccc1OC(C)C(=O)N1CCC(O)CC1. The monoisotopic (exact) mass is 279 g/mol. The summed E-state index contributed by atoms with van der Waals surface area (Å²) in [6, 6.07) is 7.27. The minimum absolute atomic E-state index is 0.0530. The highest BCUT2D eigenvalue weighted by molar-refractivity contribution is 5.81. The quantitative estimate of drug-likeness (QED) is 0.906. The molecule has 1 amide bonds. The van der Waals surface area contributed by atoms with Crippen LogP contribution in [0, 0.1) is 0 Å². The van der Waals surface area contributed by atoms with E-state index in [-0.39, 0.29) is 12.0 Å². The average Bonchev–Trinajstić information content (AvgIpc) is 2.48. The van der Waals surface area contributed by atoms with Crippen molar-refractivity contribution in [3.8, 4) is 11.5 Å². The number of carbonyl (C=O) groups is 1. The van der Waals surface area contributed by atoms with E-state index in [1.807, 2.05) is 12.1 Å². The maximum atomic E-state index is 12.3. The van der Waals surface area contributed by atoms with Crippen LogP contribution in [0.25, 0.3) is 0 Å². The van der Waals surface area contributed by atoms with E-state index >= 15 is 0 Å². The smallest absolute Gasteiger partial charge is 0.263 e. The summed E-state index contributed by atoms with van der Waals surface area (Å²) in [4.78, 5) is 14.0. The van der Waals surface area contributed by atoms with Gasteiger partial charge in [-0.25, -0.2) is 0 Å². The van der Waals surface area contributed by atoms with Gasteiger partial charge in [-0.05, 0) is 31.9 Å². The summed E-state index contributed by atoms with van der Waals surface area (Å²) in [7, 11) is 1.57. The predicted molar refractivity (Wildman–Crippen MR) is 74.9 cm³/mol. The lowest BCUT2D eigenvalue weighted by Gasteiger charge is -2.31. The molecular weight excluding hydrogens is 258 g/mol. The van der Waals surface area contributed by atoms with Gasteiger partial charge in [0, 0.05) is 13.1 Å². The second-order valence-electron chi connectivity index (χ2n) is 4.97. The van der Waals surface area contributed by atoms with Gasteiger partial charge in [-0.3, -0.25) is 4.79 Å². The van der Waals surface area contributed by atoms with Crippen molar-refractivity contribution in [2.75, 3.05) is 20.2 Å². The van der Waals surface area contributed by atoms with Crippen LogP contribution in [0.4, 0.5) is 0 Å². The predicted octanol–water partition coefficient (Wildman–Crippen LogP) is 1.45. The first-order valence-electron chi connectivity index (χ1n) is 6.88. The maximum Gasteiger partial charge on any atom is 0.263 e. The summed E-state index contributed by atoms with van der Waals surface area (Å²) in [6.45, 7) is 2.90. The second-order valence-corrected chi connectivity index (χ2v) is 4.97. The molecule has 5 nitrogen and oxygen atoms in total. The molecule has 1 aromatic rings. The molecule has 1 aliphatic rings. The average molecular weight is 279 g/mol. The molecule has 0 bridgehead atoms. The van der Waals surface area contributed by atoms with Crippen molar-refractivity contribution < 1.29 is 19.4 Å². The number of aliphatic hydroxyl groups excluding tert-OH is 1. The van der Waals surface area contributed by atoms with E-state index in [1.54, 1.807) is 31.1 Å². The van der Waals surface area contributed by atoms with Gasteiger partial charge in [0.1, 0.15) is 0 Å². The third kappa shape index (κ3) is 3.42. The largest absolute Gasteiger partial charge is 0.493 e. The number of benzene rings is 1. The zero-order chi connectivity index (χ0) is 14.5. The van der Waals surface area contributed by atoms with Crippen molar-refractivity contribution in [3.05, 3.63) is 24.3 Å². The number of carbonyl (C=O) groups excluding carboxylic acids is 1. The summed E-state index contributed by atoms with van der Waals surface area (Å²) in [5.41, 5.74) is 0. The number of ether oxygens (including phenoxy) is 2. The maximum absolute atomic E-state index is 12.3. The van der Waals surface area contributed by atoms with Gasteiger partial charge in [-0.15, -0.1) is 0 Å². The second kappa shape index (κ2) is 6.61. The summed E-state index contributed by atoms with van der Waals surface area (Å²) in [5, 5.41) is 9.47. The van der Waals surface area contributed by atoms with Crippen molar-refractivity contribution in [3.63, 3.8) is 0 Å². The van der Waals surface area contributed by atoms with Crippen LogP contribution in [0.2, 0.25) is 0 Å². The number of methoxy groups -OCH3 is 1. The van der Waals surface area contributed by atoms with E-state index < -0.39 is 6.10 Å². The number of rotatable bonds is 4. The highest BCUT2D eigenvalue weighted by atomic mass is 16.5. The molecule has 0 saturated carbocycles. The number of hydrogen-bond acceptors (Lipinski definition) is 4. The van der Waals surface area contributed by atoms with Crippen LogP contribution in [0.15, 0.2) is 24.3 Å². The zero-order valence-electron chi connectivity index (χ0n) is 11.9. The third-order valence-corrected chi connectivity index (χ3v) is 3.50. The Kier molecular flexibility index (Phi) is 4.84. The molecule has 0 aromatic heterocycles. The van der Waals surface area contributed by atoms with E-state index in [1.165, 1.54) is 0 Å². The fourth-order valence-corrected chi connectivity index (χ4v) is 2.30. The van der Waals surface area contributed by atoms with E-state index in [9.17, 15) is 9.90 Å². The van der Waals surface area contributed by atoms with Crippen LogP contribution in [0.3, 0.4) is 0 Å². The lowest BCUT2D eigenvalue weighted by Crippen LogP contribution is -2.45. The Morgan fingerprint density at radius 3 is 2.50 bits per heavy atom. The fourth-order valence-electron chi connectivity index (χ4n) is 2.30. The van der Waals surface area contributed by atoms with Crippen LogP contribution in [-0.4, -0.2) is 48.3 Å². The van der Waals surface area contributed by atoms with E-state index in [0.29, 0.717) is 37.4 Å². The number of likely N-dealkylation sites (tertiary alicyclic amines) is 1. The van der Waals surface area contributed by atoms with Gasteiger partial charge in [-0.1, -0.05) is 12.1 Å². The van der Waals surface area contributed by atoms with Gasteiger partial charge in [0.2, 0.25) is 0 Å². The molecule has 1 heterocycles. The van der Waals surface area contributed by atoms with E-state index in [0.717, 1.165) is 0 Å². The normalized spacial score (nSPS) is 17.6. The standard InChI is InChI=1S/C15H21NO4/c1-11(15(18)16-9-7-12(17)8-10-16)20-14-6-4-3-5-13(14)19-2/h3-6,11-12,17H,7-10H2,1-2H3. The lowest BCUT2D eigenvalue weighted by atomic mass is 10.1. The number of para-hydroxylation sites is 2. The van der Waals surface area contributed by atoms with Crippen LogP contribution in [0.5, 0.6) is 11.5 Å².